The largest absolute Gasteiger partial charge is 0.399 e. The van der Waals surface area contributed by atoms with Gasteiger partial charge in [-0.1, -0.05) is 5.21 Å². The lowest BCUT2D eigenvalue weighted by Crippen LogP contribution is -1.91. The maximum absolute atomic E-state index is 5.68. The highest BCUT2D eigenvalue weighted by Crippen LogP contribution is 2.18. The summed E-state index contributed by atoms with van der Waals surface area (Å²) in [6.45, 7) is 1.98. The van der Waals surface area contributed by atoms with Gasteiger partial charge in [-0.3, -0.25) is 0 Å². The molecule has 0 radical (unpaired) electrons. The van der Waals surface area contributed by atoms with Crippen LogP contribution in [0.3, 0.4) is 0 Å². The van der Waals surface area contributed by atoms with Gasteiger partial charge in [-0.15, -0.1) is 5.10 Å². The number of hydrogen-bond acceptors (Lipinski definition) is 3. The Hall–Kier alpha value is -1.58. The molecule has 0 fully saturated rings. The zero-order valence-electron chi connectivity index (χ0n) is 7.07. The molecule has 4 heteroatoms. The average molecular weight is 162 g/mol. The molecule has 0 saturated carbocycles. The van der Waals surface area contributed by atoms with E-state index in [0.29, 0.717) is 0 Å². The zero-order valence-corrected chi connectivity index (χ0v) is 7.07. The predicted octanol–water partition coefficient (Wildman–Crippen LogP) is 0.859. The first-order valence-corrected chi connectivity index (χ1v) is 3.74. The third kappa shape index (κ3) is 0.845. The minimum Gasteiger partial charge on any atom is -0.399 e. The van der Waals surface area contributed by atoms with Crippen LogP contribution in [0.1, 0.15) is 5.56 Å². The van der Waals surface area contributed by atoms with Crippen LogP contribution >= 0.6 is 0 Å². The summed E-state index contributed by atoms with van der Waals surface area (Å²) in [5, 5.41) is 7.93. The summed E-state index contributed by atoms with van der Waals surface area (Å²) in [7, 11) is 1.86. The number of rotatable bonds is 0. The van der Waals surface area contributed by atoms with Crippen LogP contribution in [0.2, 0.25) is 0 Å². The first-order valence-electron chi connectivity index (χ1n) is 3.74. The summed E-state index contributed by atoms with van der Waals surface area (Å²) in [5.74, 6) is 0. The highest BCUT2D eigenvalue weighted by Gasteiger charge is 2.04. The SMILES string of the molecule is Cc1cc(N)cc2c1nnn2C. The fourth-order valence-corrected chi connectivity index (χ4v) is 1.33. The van der Waals surface area contributed by atoms with Crippen LogP contribution in [0.5, 0.6) is 0 Å². The van der Waals surface area contributed by atoms with Gasteiger partial charge in [0.05, 0.1) is 5.52 Å². The quantitative estimate of drug-likeness (QED) is 0.584. The van der Waals surface area contributed by atoms with Crippen molar-refractivity contribution < 1.29 is 0 Å². The van der Waals surface area contributed by atoms with Crippen LogP contribution in [0, 0.1) is 6.92 Å². The van der Waals surface area contributed by atoms with Gasteiger partial charge < -0.3 is 5.73 Å². The standard InChI is InChI=1S/C8H10N4/c1-5-3-6(9)4-7-8(5)10-11-12(7)2/h3-4H,9H2,1-2H3. The Morgan fingerprint density at radius 3 is 2.92 bits per heavy atom. The number of nitrogens with zero attached hydrogens (tertiary/aromatic N) is 3. The molecule has 1 aromatic heterocycles. The van der Waals surface area contributed by atoms with Gasteiger partial charge >= 0.3 is 0 Å². The molecule has 62 valence electrons. The van der Waals surface area contributed by atoms with E-state index in [-0.39, 0.29) is 0 Å². The molecule has 0 atom stereocenters. The van der Waals surface area contributed by atoms with Gasteiger partial charge in [0, 0.05) is 12.7 Å². The fourth-order valence-electron chi connectivity index (χ4n) is 1.33. The Kier molecular flexibility index (Phi) is 1.30. The molecule has 1 heterocycles. The summed E-state index contributed by atoms with van der Waals surface area (Å²) in [6.07, 6.45) is 0. The fraction of sp³-hybridized carbons (Fsp3) is 0.250. The number of benzene rings is 1. The zero-order chi connectivity index (χ0) is 8.72. The third-order valence-electron chi connectivity index (χ3n) is 1.93. The van der Waals surface area contributed by atoms with Gasteiger partial charge in [0.1, 0.15) is 5.52 Å². The van der Waals surface area contributed by atoms with E-state index in [1.165, 1.54) is 0 Å². The van der Waals surface area contributed by atoms with Crippen LogP contribution in [0.4, 0.5) is 5.69 Å². The van der Waals surface area contributed by atoms with Gasteiger partial charge in [-0.2, -0.15) is 0 Å². The molecule has 1 aromatic carbocycles. The minimum atomic E-state index is 0.755. The number of hydrogen-bond donors (Lipinski definition) is 1. The van der Waals surface area contributed by atoms with Crippen LogP contribution < -0.4 is 5.73 Å². The molecule has 2 N–H and O–H groups in total. The average Bonchev–Trinajstić information content (AvgIpc) is 2.33. The highest BCUT2D eigenvalue weighted by molar-refractivity contribution is 5.81. The summed E-state index contributed by atoms with van der Waals surface area (Å²) in [4.78, 5) is 0. The number of nitrogen functional groups attached to an aromatic ring is 1. The summed E-state index contributed by atoms with van der Waals surface area (Å²) in [6, 6.07) is 3.78. The molecule has 0 unspecified atom stereocenters. The normalized spacial score (nSPS) is 10.8. The van der Waals surface area contributed by atoms with Crippen LogP contribution in [-0.4, -0.2) is 15.0 Å². The molecule has 2 rings (SSSR count). The maximum atomic E-state index is 5.68. The van der Waals surface area contributed by atoms with Crippen molar-refractivity contribution in [3.63, 3.8) is 0 Å². The van der Waals surface area contributed by atoms with Gasteiger partial charge in [0.15, 0.2) is 0 Å². The van der Waals surface area contributed by atoms with Crippen LogP contribution in [0.15, 0.2) is 12.1 Å². The Bertz CT molecular complexity index is 430. The van der Waals surface area contributed by atoms with Crippen molar-refractivity contribution in [2.24, 2.45) is 7.05 Å². The van der Waals surface area contributed by atoms with Crippen molar-refractivity contribution in [3.05, 3.63) is 17.7 Å². The van der Waals surface area contributed by atoms with E-state index in [1.54, 1.807) is 4.68 Å². The number of nitrogens with two attached hydrogens (primary N) is 1. The van der Waals surface area contributed by atoms with Gasteiger partial charge in [0.2, 0.25) is 0 Å². The topological polar surface area (TPSA) is 56.7 Å². The first-order chi connectivity index (χ1) is 5.68. The Labute approximate surface area is 70.0 Å². The summed E-state index contributed by atoms with van der Waals surface area (Å²) < 4.78 is 1.72. The van der Waals surface area contributed by atoms with Gasteiger partial charge in [-0.25, -0.2) is 4.68 Å². The van der Waals surface area contributed by atoms with Crippen molar-refractivity contribution in [3.8, 4) is 0 Å². The molecule has 2 aromatic rings. The summed E-state index contributed by atoms with van der Waals surface area (Å²) >= 11 is 0. The second kappa shape index (κ2) is 2.20. The van der Waals surface area contributed by atoms with Crippen LogP contribution in [-0.2, 0) is 7.05 Å². The van der Waals surface area contributed by atoms with E-state index in [1.807, 2.05) is 26.1 Å². The molecule has 0 amide bonds. The minimum absolute atomic E-state index is 0.755. The molecule has 4 nitrogen and oxygen atoms in total. The number of fused-ring (bicyclic) bond motifs is 1. The maximum Gasteiger partial charge on any atom is 0.116 e. The lowest BCUT2D eigenvalue weighted by molar-refractivity contribution is 0.736. The first kappa shape index (κ1) is 7.09. The van der Waals surface area contributed by atoms with Crippen molar-refractivity contribution in [1.82, 2.24) is 15.0 Å². The molecule has 0 bridgehead atoms. The highest BCUT2D eigenvalue weighted by atomic mass is 15.4. The van der Waals surface area contributed by atoms with Crippen molar-refractivity contribution in [2.45, 2.75) is 6.92 Å². The van der Waals surface area contributed by atoms with E-state index in [0.717, 1.165) is 22.3 Å². The lowest BCUT2D eigenvalue weighted by atomic mass is 10.2. The molecule has 0 aliphatic rings. The Balaban J connectivity index is 2.92. The van der Waals surface area contributed by atoms with E-state index < -0.39 is 0 Å². The Morgan fingerprint density at radius 1 is 1.42 bits per heavy atom. The van der Waals surface area contributed by atoms with E-state index in [9.17, 15) is 0 Å². The second-order valence-electron chi connectivity index (χ2n) is 2.92. The van der Waals surface area contributed by atoms with E-state index in [2.05, 4.69) is 10.3 Å². The molecular formula is C8H10N4. The monoisotopic (exact) mass is 162 g/mol. The smallest absolute Gasteiger partial charge is 0.116 e. The molecule has 0 aliphatic carbocycles. The molecule has 12 heavy (non-hydrogen) atoms. The van der Waals surface area contributed by atoms with E-state index in [4.69, 9.17) is 5.73 Å². The predicted molar refractivity (Wildman–Crippen MR) is 47.7 cm³/mol. The molecular weight excluding hydrogens is 152 g/mol. The van der Waals surface area contributed by atoms with Crippen molar-refractivity contribution in [2.75, 3.05) is 5.73 Å². The number of anilines is 1. The molecule has 0 aliphatic heterocycles. The summed E-state index contributed by atoms with van der Waals surface area (Å²) in [5.41, 5.74) is 9.41. The Morgan fingerprint density at radius 2 is 2.17 bits per heavy atom. The van der Waals surface area contributed by atoms with Gasteiger partial charge in [-0.05, 0) is 24.6 Å². The van der Waals surface area contributed by atoms with Crippen LogP contribution in [0.25, 0.3) is 11.0 Å². The molecule has 0 spiro atoms. The lowest BCUT2D eigenvalue weighted by Gasteiger charge is -1.97. The molecule has 0 saturated heterocycles. The van der Waals surface area contributed by atoms with E-state index >= 15 is 0 Å². The second-order valence-corrected chi connectivity index (χ2v) is 2.92. The van der Waals surface area contributed by atoms with Gasteiger partial charge in [0.25, 0.3) is 0 Å². The van der Waals surface area contributed by atoms with Crippen molar-refractivity contribution in [1.29, 1.82) is 0 Å². The number of aryl methyl sites for hydroxylation is 2. The number of aromatic nitrogens is 3. The third-order valence-corrected chi connectivity index (χ3v) is 1.93. The van der Waals surface area contributed by atoms with Crippen molar-refractivity contribution >= 4 is 16.7 Å².